The van der Waals surface area contributed by atoms with Gasteiger partial charge in [0.25, 0.3) is 17.3 Å². The average Bonchev–Trinajstić information content (AvgIpc) is 3.35. The lowest BCUT2D eigenvalue weighted by Gasteiger charge is -2.28. The van der Waals surface area contributed by atoms with Crippen molar-refractivity contribution in [2.24, 2.45) is 5.92 Å². The van der Waals surface area contributed by atoms with E-state index in [9.17, 15) is 29.8 Å². The van der Waals surface area contributed by atoms with Crippen molar-refractivity contribution in [2.45, 2.75) is 12.1 Å². The molecular weight excluding hydrogens is 444 g/mol. The van der Waals surface area contributed by atoms with Gasteiger partial charge in [0.1, 0.15) is 5.92 Å². The van der Waals surface area contributed by atoms with Crippen LogP contribution in [0.5, 0.6) is 0 Å². The summed E-state index contributed by atoms with van der Waals surface area (Å²) >= 11 is 0. The number of nitro groups is 2. The van der Waals surface area contributed by atoms with Crippen LogP contribution in [0, 0.1) is 26.1 Å². The number of nitro benzene ring substituents is 2. The molecule has 0 N–H and O–H groups in total. The highest BCUT2D eigenvalue weighted by molar-refractivity contribution is 6.24. The normalized spacial score (nSPS) is 21.6. The summed E-state index contributed by atoms with van der Waals surface area (Å²) in [6.45, 7) is 0. The summed E-state index contributed by atoms with van der Waals surface area (Å²) in [5, 5.41) is 23.8. The second-order valence-corrected chi connectivity index (χ2v) is 7.80. The van der Waals surface area contributed by atoms with E-state index in [1.54, 1.807) is 36.4 Å². The molecule has 3 aromatic carbocycles. The number of rotatable bonds is 5. The predicted molar refractivity (Wildman–Crippen MR) is 119 cm³/mol. The van der Waals surface area contributed by atoms with Gasteiger partial charge in [-0.3, -0.25) is 34.7 Å². The van der Waals surface area contributed by atoms with Crippen molar-refractivity contribution >= 4 is 34.6 Å². The SMILES string of the molecule is O=C1C2ON(c3ccccc3)C(c3cccc([N+](=O)[O-])c3)C2C(=O)N1c1ccc([N+](=O)[O-])cc1. The Morgan fingerprint density at radius 1 is 0.735 bits per heavy atom. The molecule has 34 heavy (non-hydrogen) atoms. The van der Waals surface area contributed by atoms with E-state index in [1.165, 1.54) is 47.5 Å². The molecule has 2 fully saturated rings. The highest BCUT2D eigenvalue weighted by Gasteiger charge is 2.60. The van der Waals surface area contributed by atoms with E-state index in [-0.39, 0.29) is 17.1 Å². The van der Waals surface area contributed by atoms with Crippen LogP contribution >= 0.6 is 0 Å². The first-order valence-corrected chi connectivity index (χ1v) is 10.2. The lowest BCUT2D eigenvalue weighted by molar-refractivity contribution is -0.385. The number of para-hydroxylation sites is 1. The van der Waals surface area contributed by atoms with Crippen LogP contribution in [0.2, 0.25) is 0 Å². The van der Waals surface area contributed by atoms with Gasteiger partial charge in [0.05, 0.1) is 27.3 Å². The molecule has 3 unspecified atom stereocenters. The molecular formula is C23H16N4O7. The molecule has 170 valence electrons. The molecule has 2 heterocycles. The first kappa shape index (κ1) is 21.2. The number of nitrogens with zero attached hydrogens (tertiary/aromatic N) is 4. The number of fused-ring (bicyclic) bond motifs is 1. The van der Waals surface area contributed by atoms with Crippen LogP contribution in [0.3, 0.4) is 0 Å². The second kappa shape index (κ2) is 8.05. The Balaban J connectivity index is 1.57. The molecule has 0 spiro atoms. The van der Waals surface area contributed by atoms with Gasteiger partial charge in [0.2, 0.25) is 5.91 Å². The number of non-ortho nitro benzene ring substituents is 2. The minimum absolute atomic E-state index is 0.155. The highest BCUT2D eigenvalue weighted by Crippen LogP contribution is 2.48. The van der Waals surface area contributed by atoms with Crippen LogP contribution in [0.1, 0.15) is 11.6 Å². The fourth-order valence-corrected chi connectivity index (χ4v) is 4.35. The fraction of sp³-hybridized carbons (Fsp3) is 0.130. The molecule has 11 nitrogen and oxygen atoms in total. The van der Waals surface area contributed by atoms with Crippen LogP contribution in [0.25, 0.3) is 0 Å². The second-order valence-electron chi connectivity index (χ2n) is 7.80. The van der Waals surface area contributed by atoms with Gasteiger partial charge < -0.3 is 0 Å². The van der Waals surface area contributed by atoms with Crippen molar-refractivity contribution in [3.63, 3.8) is 0 Å². The summed E-state index contributed by atoms with van der Waals surface area (Å²) in [6.07, 6.45) is -1.16. The number of carbonyl (C=O) groups is 2. The van der Waals surface area contributed by atoms with Gasteiger partial charge in [-0.05, 0) is 29.8 Å². The number of hydrogen-bond donors (Lipinski definition) is 0. The molecule has 2 amide bonds. The van der Waals surface area contributed by atoms with Gasteiger partial charge in [-0.2, -0.15) is 0 Å². The van der Waals surface area contributed by atoms with Crippen molar-refractivity contribution in [1.29, 1.82) is 0 Å². The van der Waals surface area contributed by atoms with E-state index in [0.717, 1.165) is 4.90 Å². The van der Waals surface area contributed by atoms with Crippen molar-refractivity contribution in [3.8, 4) is 0 Å². The van der Waals surface area contributed by atoms with Crippen LogP contribution in [0.4, 0.5) is 22.7 Å². The third kappa shape index (κ3) is 3.35. The Bertz CT molecular complexity index is 1310. The summed E-state index contributed by atoms with van der Waals surface area (Å²) < 4.78 is 0. The quantitative estimate of drug-likeness (QED) is 0.320. The summed E-state index contributed by atoms with van der Waals surface area (Å²) in [6, 6.07) is 18.9. The zero-order valence-electron chi connectivity index (χ0n) is 17.4. The smallest absolute Gasteiger partial charge is 0.269 e. The maximum Gasteiger partial charge on any atom is 0.269 e. The molecule has 2 aliphatic rings. The molecule has 0 aliphatic carbocycles. The Kier molecular flexibility index (Phi) is 5.02. The van der Waals surface area contributed by atoms with Crippen LogP contribution in [0.15, 0.2) is 78.9 Å². The summed E-state index contributed by atoms with van der Waals surface area (Å²) in [5.41, 5.74) is 0.873. The Labute approximate surface area is 192 Å². The lowest BCUT2D eigenvalue weighted by atomic mass is 9.90. The predicted octanol–water partition coefficient (Wildman–Crippen LogP) is 3.55. The van der Waals surface area contributed by atoms with Gasteiger partial charge in [-0.1, -0.05) is 30.3 Å². The Morgan fingerprint density at radius 3 is 2.06 bits per heavy atom. The van der Waals surface area contributed by atoms with Gasteiger partial charge in [-0.15, -0.1) is 0 Å². The van der Waals surface area contributed by atoms with Crippen LogP contribution < -0.4 is 9.96 Å². The summed E-state index contributed by atoms with van der Waals surface area (Å²) in [7, 11) is 0. The molecule has 0 bridgehead atoms. The molecule has 2 aliphatic heterocycles. The molecule has 0 aromatic heterocycles. The zero-order chi connectivity index (χ0) is 24.0. The molecule has 3 atom stereocenters. The number of carbonyl (C=O) groups excluding carboxylic acids is 2. The number of amides is 2. The third-order valence-corrected chi connectivity index (χ3v) is 5.87. The molecule has 11 heteroatoms. The maximum absolute atomic E-state index is 13.5. The van der Waals surface area contributed by atoms with Gasteiger partial charge in [0.15, 0.2) is 6.10 Å². The number of hydroxylamine groups is 1. The topological polar surface area (TPSA) is 136 Å². The minimum Gasteiger partial charge on any atom is -0.273 e. The van der Waals surface area contributed by atoms with Crippen molar-refractivity contribution < 1.29 is 24.3 Å². The number of hydrogen-bond acceptors (Lipinski definition) is 8. The molecule has 0 saturated carbocycles. The van der Waals surface area contributed by atoms with Crippen LogP contribution in [-0.4, -0.2) is 27.8 Å². The standard InChI is InChI=1S/C23H16N4O7/c28-22-19-20(14-5-4-8-18(13-14)27(32)33)25(16-6-2-1-3-7-16)34-21(19)23(29)24(22)15-9-11-17(12-10-15)26(30)31/h1-13,19-21H. The number of imide groups is 1. The van der Waals surface area contributed by atoms with Crippen molar-refractivity contribution in [3.05, 3.63) is 105 Å². The van der Waals surface area contributed by atoms with Crippen LogP contribution in [-0.2, 0) is 14.4 Å². The molecule has 5 rings (SSSR count). The summed E-state index contributed by atoms with van der Waals surface area (Å²) in [5.74, 6) is -2.15. The number of benzene rings is 3. The Hall–Kier alpha value is -4.64. The van der Waals surface area contributed by atoms with Gasteiger partial charge >= 0.3 is 0 Å². The molecule has 0 radical (unpaired) electrons. The van der Waals surface area contributed by atoms with Crippen molar-refractivity contribution in [2.75, 3.05) is 9.96 Å². The van der Waals surface area contributed by atoms with Gasteiger partial charge in [-0.25, -0.2) is 9.96 Å². The largest absolute Gasteiger partial charge is 0.273 e. The van der Waals surface area contributed by atoms with Gasteiger partial charge in [0, 0.05) is 24.3 Å². The number of anilines is 2. The van der Waals surface area contributed by atoms with E-state index in [1.807, 2.05) is 0 Å². The van der Waals surface area contributed by atoms with E-state index >= 15 is 0 Å². The fourth-order valence-electron chi connectivity index (χ4n) is 4.35. The van der Waals surface area contributed by atoms with E-state index < -0.39 is 39.7 Å². The first-order valence-electron chi connectivity index (χ1n) is 10.2. The Morgan fingerprint density at radius 2 is 1.41 bits per heavy atom. The molecule has 2 saturated heterocycles. The summed E-state index contributed by atoms with van der Waals surface area (Å²) in [4.78, 5) is 54.9. The molecule has 3 aromatic rings. The van der Waals surface area contributed by atoms with E-state index in [0.29, 0.717) is 11.3 Å². The maximum atomic E-state index is 13.5. The minimum atomic E-state index is -1.16. The first-order chi connectivity index (χ1) is 16.4. The van der Waals surface area contributed by atoms with E-state index in [4.69, 9.17) is 4.84 Å². The highest BCUT2D eigenvalue weighted by atomic mass is 16.7. The monoisotopic (exact) mass is 460 g/mol. The lowest BCUT2D eigenvalue weighted by Crippen LogP contribution is -2.37. The average molecular weight is 460 g/mol. The van der Waals surface area contributed by atoms with E-state index in [2.05, 4.69) is 0 Å². The zero-order valence-corrected chi connectivity index (χ0v) is 17.4. The third-order valence-electron chi connectivity index (χ3n) is 5.87. The van der Waals surface area contributed by atoms with Crippen molar-refractivity contribution in [1.82, 2.24) is 0 Å².